The van der Waals surface area contributed by atoms with E-state index in [4.69, 9.17) is 4.52 Å². The predicted molar refractivity (Wildman–Crippen MR) is 89.1 cm³/mol. The molecule has 0 spiro atoms. The summed E-state index contributed by atoms with van der Waals surface area (Å²) >= 11 is 0. The van der Waals surface area contributed by atoms with Gasteiger partial charge in [-0.2, -0.15) is 0 Å². The zero-order chi connectivity index (χ0) is 17.3. The summed E-state index contributed by atoms with van der Waals surface area (Å²) in [6.45, 7) is 5.05. The molecule has 1 atom stereocenters. The molecule has 1 aromatic rings. The summed E-state index contributed by atoms with van der Waals surface area (Å²) in [6, 6.07) is 2.18. The standard InChI is InChI=1S/C16H25N3O4S/c1-12-7-15(23-17-12)10-18-5-3-14(4-6-18)19-9-13(8-16(19)20)11-24(2,21)22/h7,13-14H,3-6,8-11H2,1-2H3. The van der Waals surface area contributed by atoms with Crippen LogP contribution >= 0.6 is 0 Å². The number of hydrogen-bond donors (Lipinski definition) is 0. The number of hydrogen-bond acceptors (Lipinski definition) is 6. The number of piperidine rings is 1. The van der Waals surface area contributed by atoms with Crippen molar-refractivity contribution in [2.24, 2.45) is 5.92 Å². The molecule has 0 aliphatic carbocycles. The Morgan fingerprint density at radius 3 is 2.62 bits per heavy atom. The minimum absolute atomic E-state index is 0.0531. The second kappa shape index (κ2) is 6.84. The number of sulfone groups is 1. The fourth-order valence-electron chi connectivity index (χ4n) is 3.80. The van der Waals surface area contributed by atoms with Crippen LogP contribution in [0.4, 0.5) is 0 Å². The first-order valence-corrected chi connectivity index (χ1v) is 10.5. The van der Waals surface area contributed by atoms with Crippen LogP contribution in [-0.4, -0.2) is 67.0 Å². The molecule has 2 fully saturated rings. The molecular formula is C16H25N3O4S. The van der Waals surface area contributed by atoms with Crippen molar-refractivity contribution in [3.8, 4) is 0 Å². The average molecular weight is 355 g/mol. The SMILES string of the molecule is Cc1cc(CN2CCC(N3CC(CS(C)(=O)=O)CC3=O)CC2)on1. The molecule has 7 nitrogen and oxygen atoms in total. The summed E-state index contributed by atoms with van der Waals surface area (Å²) in [6.07, 6.45) is 3.45. The Kier molecular flexibility index (Phi) is 4.96. The highest BCUT2D eigenvalue weighted by atomic mass is 32.2. The maximum atomic E-state index is 12.2. The maximum absolute atomic E-state index is 12.2. The number of amides is 1. The van der Waals surface area contributed by atoms with Crippen molar-refractivity contribution in [3.63, 3.8) is 0 Å². The number of aryl methyl sites for hydroxylation is 1. The number of aromatic nitrogens is 1. The first-order chi connectivity index (χ1) is 11.3. The van der Waals surface area contributed by atoms with Crippen LogP contribution in [0.2, 0.25) is 0 Å². The highest BCUT2D eigenvalue weighted by Crippen LogP contribution is 2.26. The van der Waals surface area contributed by atoms with Crippen LogP contribution in [0.15, 0.2) is 10.6 Å². The number of nitrogens with zero attached hydrogens (tertiary/aromatic N) is 3. The molecule has 3 rings (SSSR count). The molecule has 2 saturated heterocycles. The highest BCUT2D eigenvalue weighted by Gasteiger charge is 2.37. The van der Waals surface area contributed by atoms with Gasteiger partial charge in [-0.3, -0.25) is 9.69 Å². The molecule has 24 heavy (non-hydrogen) atoms. The second-order valence-corrected chi connectivity index (χ2v) is 9.34. The van der Waals surface area contributed by atoms with E-state index >= 15 is 0 Å². The van der Waals surface area contributed by atoms with Crippen molar-refractivity contribution in [1.82, 2.24) is 15.0 Å². The minimum atomic E-state index is -3.03. The summed E-state index contributed by atoms with van der Waals surface area (Å²) < 4.78 is 28.1. The van der Waals surface area contributed by atoms with Crippen LogP contribution < -0.4 is 0 Å². The van der Waals surface area contributed by atoms with Gasteiger partial charge in [-0.25, -0.2) is 8.42 Å². The van der Waals surface area contributed by atoms with Gasteiger partial charge in [-0.1, -0.05) is 5.16 Å². The van der Waals surface area contributed by atoms with Crippen molar-refractivity contribution in [2.75, 3.05) is 31.6 Å². The van der Waals surface area contributed by atoms with Crippen LogP contribution in [0.3, 0.4) is 0 Å². The van der Waals surface area contributed by atoms with Crippen molar-refractivity contribution in [2.45, 2.75) is 38.8 Å². The zero-order valence-corrected chi connectivity index (χ0v) is 15.1. The quantitative estimate of drug-likeness (QED) is 0.778. The van der Waals surface area contributed by atoms with Gasteiger partial charge < -0.3 is 9.42 Å². The molecule has 1 amide bonds. The third-order valence-corrected chi connectivity index (χ3v) is 5.91. The molecular weight excluding hydrogens is 330 g/mol. The fourth-order valence-corrected chi connectivity index (χ4v) is 4.88. The van der Waals surface area contributed by atoms with Gasteiger partial charge in [0.15, 0.2) is 5.76 Å². The van der Waals surface area contributed by atoms with E-state index in [1.807, 2.05) is 17.9 Å². The lowest BCUT2D eigenvalue weighted by atomic mass is 10.0. The van der Waals surface area contributed by atoms with Gasteiger partial charge in [0.2, 0.25) is 5.91 Å². The lowest BCUT2D eigenvalue weighted by molar-refractivity contribution is -0.130. The predicted octanol–water partition coefficient (Wildman–Crippen LogP) is 0.841. The third kappa shape index (κ3) is 4.36. The van der Waals surface area contributed by atoms with Crippen molar-refractivity contribution >= 4 is 15.7 Å². The average Bonchev–Trinajstić information content (AvgIpc) is 3.04. The maximum Gasteiger partial charge on any atom is 0.223 e. The van der Waals surface area contributed by atoms with Crippen LogP contribution in [0.25, 0.3) is 0 Å². The van der Waals surface area contributed by atoms with E-state index in [1.54, 1.807) is 0 Å². The molecule has 2 aliphatic heterocycles. The lowest BCUT2D eigenvalue weighted by Gasteiger charge is -2.36. The number of likely N-dealkylation sites (tertiary alicyclic amines) is 2. The number of carbonyl (C=O) groups is 1. The topological polar surface area (TPSA) is 83.7 Å². The Hall–Kier alpha value is -1.41. The molecule has 8 heteroatoms. The number of carbonyl (C=O) groups excluding carboxylic acids is 1. The first kappa shape index (κ1) is 17.4. The molecule has 0 radical (unpaired) electrons. The van der Waals surface area contributed by atoms with Crippen LogP contribution in [-0.2, 0) is 21.2 Å². The molecule has 3 heterocycles. The van der Waals surface area contributed by atoms with Crippen LogP contribution in [0, 0.1) is 12.8 Å². The smallest absolute Gasteiger partial charge is 0.223 e. The Bertz CT molecular complexity index is 692. The Labute approximate surface area is 142 Å². The number of rotatable bonds is 5. The summed E-state index contributed by atoms with van der Waals surface area (Å²) in [7, 11) is -3.03. The highest BCUT2D eigenvalue weighted by molar-refractivity contribution is 7.90. The Balaban J connectivity index is 1.50. The van der Waals surface area contributed by atoms with E-state index in [0.717, 1.165) is 43.9 Å². The van der Waals surface area contributed by atoms with Crippen molar-refractivity contribution in [1.29, 1.82) is 0 Å². The van der Waals surface area contributed by atoms with E-state index < -0.39 is 9.84 Å². The molecule has 0 saturated carbocycles. The van der Waals surface area contributed by atoms with Gasteiger partial charge in [0.25, 0.3) is 0 Å². The van der Waals surface area contributed by atoms with Gasteiger partial charge >= 0.3 is 0 Å². The third-order valence-electron chi connectivity index (χ3n) is 4.83. The van der Waals surface area contributed by atoms with E-state index in [2.05, 4.69) is 10.1 Å². The summed E-state index contributed by atoms with van der Waals surface area (Å²) in [5.41, 5.74) is 0.888. The molecule has 0 N–H and O–H groups in total. The molecule has 1 unspecified atom stereocenters. The summed E-state index contributed by atoms with van der Waals surface area (Å²) in [4.78, 5) is 16.5. The van der Waals surface area contributed by atoms with Crippen molar-refractivity contribution < 1.29 is 17.7 Å². The molecule has 134 valence electrons. The monoisotopic (exact) mass is 355 g/mol. The lowest BCUT2D eigenvalue weighted by Crippen LogP contribution is -2.45. The first-order valence-electron chi connectivity index (χ1n) is 8.42. The normalized spacial score (nSPS) is 24.0. The van der Waals surface area contributed by atoms with E-state index in [-0.39, 0.29) is 23.6 Å². The van der Waals surface area contributed by atoms with E-state index in [1.165, 1.54) is 6.26 Å². The summed E-state index contributed by atoms with van der Waals surface area (Å²) in [5, 5.41) is 3.90. The van der Waals surface area contributed by atoms with Gasteiger partial charge in [-0.05, 0) is 25.7 Å². The Morgan fingerprint density at radius 2 is 2.04 bits per heavy atom. The molecule has 0 aromatic carbocycles. The zero-order valence-electron chi connectivity index (χ0n) is 14.3. The summed E-state index contributed by atoms with van der Waals surface area (Å²) in [5.74, 6) is 1.03. The molecule has 2 aliphatic rings. The fraction of sp³-hybridized carbons (Fsp3) is 0.750. The van der Waals surface area contributed by atoms with Gasteiger partial charge in [0.05, 0.1) is 18.0 Å². The second-order valence-electron chi connectivity index (χ2n) is 7.15. The largest absolute Gasteiger partial charge is 0.360 e. The van der Waals surface area contributed by atoms with Gasteiger partial charge in [-0.15, -0.1) is 0 Å². The Morgan fingerprint density at radius 1 is 1.33 bits per heavy atom. The minimum Gasteiger partial charge on any atom is -0.360 e. The van der Waals surface area contributed by atoms with Crippen LogP contribution in [0.5, 0.6) is 0 Å². The molecule has 1 aromatic heterocycles. The van der Waals surface area contributed by atoms with Gasteiger partial charge in [0, 0.05) is 44.4 Å². The van der Waals surface area contributed by atoms with E-state index in [9.17, 15) is 13.2 Å². The van der Waals surface area contributed by atoms with Gasteiger partial charge in [0.1, 0.15) is 9.84 Å². The molecule has 0 bridgehead atoms. The van der Waals surface area contributed by atoms with Crippen molar-refractivity contribution in [3.05, 3.63) is 17.5 Å². The van der Waals surface area contributed by atoms with Crippen LogP contribution in [0.1, 0.15) is 30.7 Å². The van der Waals surface area contributed by atoms with E-state index in [0.29, 0.717) is 13.0 Å².